The molecule has 0 aliphatic rings. The van der Waals surface area contributed by atoms with Gasteiger partial charge in [0.15, 0.2) is 0 Å². The topological polar surface area (TPSA) is 30.0 Å². The van der Waals surface area contributed by atoms with Crippen LogP contribution >= 0.6 is 11.3 Å². The Morgan fingerprint density at radius 1 is 0.952 bits per heavy atom. The van der Waals surface area contributed by atoms with Crippen LogP contribution in [0.2, 0.25) is 0 Å². The molecule has 1 aromatic heterocycles. The molecular weight excluding hydrogens is 299 g/mol. The number of nitrogens with zero attached hydrogens (tertiary/aromatic N) is 1. The van der Waals surface area contributed by atoms with Crippen LogP contribution in [0.5, 0.6) is 0 Å². The molecule has 3 aromatic rings. The van der Waals surface area contributed by atoms with Crippen molar-refractivity contribution in [2.24, 2.45) is 0 Å². The number of fused-ring (bicyclic) bond motifs is 1. The minimum absolute atomic E-state index is 0.0714. The second-order valence-electron chi connectivity index (χ2n) is 4.36. The van der Waals surface area contributed by atoms with Crippen molar-refractivity contribution in [2.45, 2.75) is 6.18 Å². The Morgan fingerprint density at radius 2 is 1.62 bits per heavy atom. The van der Waals surface area contributed by atoms with Crippen LogP contribution in [0.4, 0.5) is 13.2 Å². The summed E-state index contributed by atoms with van der Waals surface area (Å²) in [6.45, 7) is 0. The Morgan fingerprint density at radius 3 is 2.38 bits per heavy atom. The third-order valence-electron chi connectivity index (χ3n) is 2.99. The van der Waals surface area contributed by atoms with Gasteiger partial charge in [0, 0.05) is 10.3 Å². The van der Waals surface area contributed by atoms with Crippen molar-refractivity contribution in [2.75, 3.05) is 0 Å². The maximum absolute atomic E-state index is 13.0. The summed E-state index contributed by atoms with van der Waals surface area (Å²) in [5.74, 6) is 0. The molecule has 1 heterocycles. The van der Waals surface area contributed by atoms with E-state index in [1.165, 1.54) is 18.2 Å². The molecule has 0 radical (unpaired) electrons. The molecular formula is C15H8F3NOS. The minimum Gasteiger partial charge on any atom is -0.267 e. The lowest BCUT2D eigenvalue weighted by Crippen LogP contribution is -2.10. The van der Waals surface area contributed by atoms with E-state index in [1.807, 2.05) is 0 Å². The van der Waals surface area contributed by atoms with Gasteiger partial charge >= 0.3 is 6.18 Å². The summed E-state index contributed by atoms with van der Waals surface area (Å²) in [6, 6.07) is 11.9. The molecule has 0 atom stereocenters. The Labute approximate surface area is 121 Å². The Bertz CT molecular complexity index is 870. The number of alkyl halides is 3. The van der Waals surface area contributed by atoms with E-state index in [0.29, 0.717) is 10.1 Å². The summed E-state index contributed by atoms with van der Waals surface area (Å²) in [6.07, 6.45) is -4.49. The second kappa shape index (κ2) is 4.96. The van der Waals surface area contributed by atoms with Crippen LogP contribution < -0.4 is 5.56 Å². The summed E-state index contributed by atoms with van der Waals surface area (Å²) in [5.41, 5.74) is -1.38. The van der Waals surface area contributed by atoms with Gasteiger partial charge in [-0.25, -0.2) is 0 Å². The Hall–Kier alpha value is -2.21. The molecule has 0 saturated carbocycles. The SMILES string of the molecule is O=c1nc(-c2ccccc2C(F)(F)F)sc2ccccc12. The average Bonchev–Trinajstić information content (AvgIpc) is 2.46. The fraction of sp³-hybridized carbons (Fsp3) is 0.0667. The molecule has 0 amide bonds. The van der Waals surface area contributed by atoms with Crippen molar-refractivity contribution < 1.29 is 13.2 Å². The van der Waals surface area contributed by atoms with Crippen molar-refractivity contribution in [3.63, 3.8) is 0 Å². The van der Waals surface area contributed by atoms with Gasteiger partial charge in [0.05, 0.1) is 10.9 Å². The third kappa shape index (κ3) is 2.54. The lowest BCUT2D eigenvalue weighted by atomic mass is 10.1. The largest absolute Gasteiger partial charge is 0.417 e. The Balaban J connectivity index is 2.29. The van der Waals surface area contributed by atoms with Crippen LogP contribution in [-0.4, -0.2) is 4.98 Å². The van der Waals surface area contributed by atoms with Crippen molar-refractivity contribution in [1.82, 2.24) is 4.98 Å². The van der Waals surface area contributed by atoms with E-state index in [-0.39, 0.29) is 10.6 Å². The first-order valence-corrected chi connectivity index (χ1v) is 6.85. The second-order valence-corrected chi connectivity index (χ2v) is 5.39. The smallest absolute Gasteiger partial charge is 0.267 e. The highest BCUT2D eigenvalue weighted by Gasteiger charge is 2.34. The van der Waals surface area contributed by atoms with Gasteiger partial charge in [-0.05, 0) is 18.2 Å². The van der Waals surface area contributed by atoms with Gasteiger partial charge in [-0.15, -0.1) is 11.3 Å². The van der Waals surface area contributed by atoms with Crippen molar-refractivity contribution >= 4 is 21.4 Å². The molecule has 2 nitrogen and oxygen atoms in total. The molecule has 21 heavy (non-hydrogen) atoms. The molecule has 0 aliphatic carbocycles. The molecule has 0 aliphatic heterocycles. The predicted molar refractivity (Wildman–Crippen MR) is 76.3 cm³/mol. The van der Waals surface area contributed by atoms with Crippen LogP contribution in [0.1, 0.15) is 5.56 Å². The minimum atomic E-state index is -4.49. The fourth-order valence-corrected chi connectivity index (χ4v) is 3.08. The van der Waals surface area contributed by atoms with Gasteiger partial charge in [-0.1, -0.05) is 30.3 Å². The number of hydrogen-bond donors (Lipinski definition) is 0. The fourth-order valence-electron chi connectivity index (χ4n) is 2.04. The standard InChI is InChI=1S/C15H8F3NOS/c16-15(17,18)11-7-3-1-5-9(11)14-19-13(20)10-6-2-4-8-12(10)21-14/h1-8H. The lowest BCUT2D eigenvalue weighted by molar-refractivity contribution is -0.137. The van der Waals surface area contributed by atoms with Gasteiger partial charge in [0.25, 0.3) is 5.56 Å². The quantitative estimate of drug-likeness (QED) is 0.669. The van der Waals surface area contributed by atoms with Crippen molar-refractivity contribution in [1.29, 1.82) is 0 Å². The van der Waals surface area contributed by atoms with Crippen LogP contribution in [0, 0.1) is 0 Å². The third-order valence-corrected chi connectivity index (χ3v) is 4.07. The first-order chi connectivity index (χ1) is 9.97. The van der Waals surface area contributed by atoms with E-state index < -0.39 is 17.3 Å². The van der Waals surface area contributed by atoms with E-state index in [2.05, 4.69) is 4.98 Å². The highest BCUT2D eigenvalue weighted by Crippen LogP contribution is 2.38. The van der Waals surface area contributed by atoms with Gasteiger partial charge in [-0.2, -0.15) is 18.2 Å². The zero-order valence-electron chi connectivity index (χ0n) is 10.5. The first-order valence-electron chi connectivity index (χ1n) is 6.03. The molecule has 2 aromatic carbocycles. The monoisotopic (exact) mass is 307 g/mol. The number of benzene rings is 2. The first kappa shape index (κ1) is 13.8. The van der Waals surface area contributed by atoms with Crippen LogP contribution in [0.15, 0.2) is 53.3 Å². The normalized spacial score (nSPS) is 11.8. The van der Waals surface area contributed by atoms with Gasteiger partial charge in [0.1, 0.15) is 5.01 Å². The molecule has 0 fully saturated rings. The van der Waals surface area contributed by atoms with Crippen molar-refractivity contribution in [3.05, 3.63) is 64.4 Å². The number of aromatic nitrogens is 1. The van der Waals surface area contributed by atoms with Crippen LogP contribution in [0.3, 0.4) is 0 Å². The predicted octanol–water partition coefficient (Wildman–Crippen LogP) is 4.34. The molecule has 0 spiro atoms. The van der Waals surface area contributed by atoms with E-state index >= 15 is 0 Å². The zero-order chi connectivity index (χ0) is 15.0. The summed E-state index contributed by atoms with van der Waals surface area (Å²) in [7, 11) is 0. The van der Waals surface area contributed by atoms with Gasteiger partial charge < -0.3 is 0 Å². The molecule has 106 valence electrons. The summed E-state index contributed by atoms with van der Waals surface area (Å²) < 4.78 is 39.8. The summed E-state index contributed by atoms with van der Waals surface area (Å²) >= 11 is 1.07. The number of rotatable bonds is 1. The van der Waals surface area contributed by atoms with Crippen molar-refractivity contribution in [3.8, 4) is 10.6 Å². The number of halogens is 3. The molecule has 0 saturated heterocycles. The zero-order valence-corrected chi connectivity index (χ0v) is 11.3. The van der Waals surface area contributed by atoms with Crippen LogP contribution in [0.25, 0.3) is 20.7 Å². The van der Waals surface area contributed by atoms with E-state index in [4.69, 9.17) is 0 Å². The molecule has 0 unspecified atom stereocenters. The van der Waals surface area contributed by atoms with E-state index in [9.17, 15) is 18.0 Å². The van der Waals surface area contributed by atoms with Crippen LogP contribution in [-0.2, 0) is 6.18 Å². The lowest BCUT2D eigenvalue weighted by Gasteiger charge is -2.11. The maximum Gasteiger partial charge on any atom is 0.417 e. The van der Waals surface area contributed by atoms with E-state index in [1.54, 1.807) is 24.3 Å². The number of hydrogen-bond acceptors (Lipinski definition) is 3. The van der Waals surface area contributed by atoms with Gasteiger partial charge in [-0.3, -0.25) is 4.79 Å². The molecule has 3 rings (SSSR count). The average molecular weight is 307 g/mol. The highest BCUT2D eigenvalue weighted by molar-refractivity contribution is 7.21. The Kier molecular flexibility index (Phi) is 3.25. The van der Waals surface area contributed by atoms with Gasteiger partial charge in [0.2, 0.25) is 0 Å². The summed E-state index contributed by atoms with van der Waals surface area (Å²) in [4.78, 5) is 15.8. The molecule has 0 bridgehead atoms. The molecule has 0 N–H and O–H groups in total. The molecule has 6 heteroatoms. The summed E-state index contributed by atoms with van der Waals surface area (Å²) in [5, 5.41) is 0.488. The van der Waals surface area contributed by atoms with E-state index in [0.717, 1.165) is 17.4 Å². The highest BCUT2D eigenvalue weighted by atomic mass is 32.1. The maximum atomic E-state index is 13.0.